The van der Waals surface area contributed by atoms with Crippen LogP contribution in [-0.4, -0.2) is 54.3 Å². The molecule has 0 unspecified atom stereocenters. The van der Waals surface area contributed by atoms with E-state index in [1.54, 1.807) is 16.7 Å². The Bertz CT molecular complexity index is 499. The number of nitrogens with zero attached hydrogens (tertiary/aromatic N) is 2. The molecule has 20 heavy (non-hydrogen) atoms. The lowest BCUT2D eigenvalue weighted by atomic mass is 10.3. The number of amides is 2. The summed E-state index contributed by atoms with van der Waals surface area (Å²) in [7, 11) is 0. The number of anilines is 1. The summed E-state index contributed by atoms with van der Waals surface area (Å²) in [6.07, 6.45) is 0. The maximum Gasteiger partial charge on any atom is 0.241 e. The van der Waals surface area contributed by atoms with Crippen molar-refractivity contribution in [3.05, 3.63) is 28.7 Å². The lowest BCUT2D eigenvalue weighted by Crippen LogP contribution is -2.51. The van der Waals surface area contributed by atoms with Gasteiger partial charge in [-0.25, -0.2) is 0 Å². The third-order valence-corrected chi connectivity index (χ3v) is 4.07. The molecule has 1 fully saturated rings. The summed E-state index contributed by atoms with van der Waals surface area (Å²) >= 11 is 3.43. The van der Waals surface area contributed by atoms with Gasteiger partial charge in [0, 0.05) is 43.3 Å². The first-order chi connectivity index (χ1) is 9.58. The zero-order valence-corrected chi connectivity index (χ0v) is 13.0. The standard InChI is InChI=1S/C14H18BrN3O2/c1-11(19)17-6-8-18(9-7-17)14(20)10-16-13-5-3-2-4-12(13)15/h2-5,16H,6-10H2,1H3. The number of benzene rings is 1. The summed E-state index contributed by atoms with van der Waals surface area (Å²) in [5.41, 5.74) is 0.906. The number of rotatable bonds is 3. The Morgan fingerprint density at radius 1 is 1.15 bits per heavy atom. The molecule has 0 aliphatic carbocycles. The normalized spacial score (nSPS) is 15.1. The van der Waals surface area contributed by atoms with Gasteiger partial charge in [-0.1, -0.05) is 12.1 Å². The molecule has 0 spiro atoms. The summed E-state index contributed by atoms with van der Waals surface area (Å²) in [4.78, 5) is 26.9. The quantitative estimate of drug-likeness (QED) is 0.909. The van der Waals surface area contributed by atoms with Gasteiger partial charge < -0.3 is 15.1 Å². The Morgan fingerprint density at radius 3 is 2.35 bits per heavy atom. The molecule has 2 amide bonds. The number of piperazine rings is 1. The van der Waals surface area contributed by atoms with Crippen LogP contribution in [0.15, 0.2) is 28.7 Å². The van der Waals surface area contributed by atoms with Gasteiger partial charge in [0.25, 0.3) is 0 Å². The van der Waals surface area contributed by atoms with Crippen molar-refractivity contribution in [2.45, 2.75) is 6.92 Å². The van der Waals surface area contributed by atoms with Gasteiger partial charge >= 0.3 is 0 Å². The Balaban J connectivity index is 1.82. The van der Waals surface area contributed by atoms with Gasteiger partial charge in [-0.2, -0.15) is 0 Å². The Kier molecular flexibility index (Phi) is 5.00. The molecule has 1 heterocycles. The summed E-state index contributed by atoms with van der Waals surface area (Å²) in [5.74, 6) is 0.132. The van der Waals surface area contributed by atoms with Crippen LogP contribution in [0.4, 0.5) is 5.69 Å². The van der Waals surface area contributed by atoms with Gasteiger partial charge in [-0.3, -0.25) is 9.59 Å². The molecule has 0 saturated carbocycles. The molecular weight excluding hydrogens is 322 g/mol. The minimum absolute atomic E-state index is 0.0592. The van der Waals surface area contributed by atoms with Crippen LogP contribution in [0.2, 0.25) is 0 Å². The van der Waals surface area contributed by atoms with Crippen LogP contribution in [0.1, 0.15) is 6.92 Å². The van der Waals surface area contributed by atoms with Crippen molar-refractivity contribution in [3.8, 4) is 0 Å². The van der Waals surface area contributed by atoms with Crippen molar-refractivity contribution >= 4 is 33.4 Å². The topological polar surface area (TPSA) is 52.7 Å². The van der Waals surface area contributed by atoms with E-state index < -0.39 is 0 Å². The van der Waals surface area contributed by atoms with Crippen molar-refractivity contribution < 1.29 is 9.59 Å². The van der Waals surface area contributed by atoms with Crippen LogP contribution >= 0.6 is 15.9 Å². The highest BCUT2D eigenvalue weighted by atomic mass is 79.9. The van der Waals surface area contributed by atoms with Crippen LogP contribution in [-0.2, 0) is 9.59 Å². The van der Waals surface area contributed by atoms with Crippen LogP contribution in [0.3, 0.4) is 0 Å². The number of carbonyl (C=O) groups is 2. The fraction of sp³-hybridized carbons (Fsp3) is 0.429. The second-order valence-corrected chi connectivity index (χ2v) is 5.57. The van der Waals surface area contributed by atoms with E-state index in [1.807, 2.05) is 24.3 Å². The van der Waals surface area contributed by atoms with E-state index in [0.29, 0.717) is 26.2 Å². The highest BCUT2D eigenvalue weighted by Gasteiger charge is 2.21. The average Bonchev–Trinajstić information content (AvgIpc) is 2.46. The van der Waals surface area contributed by atoms with Crippen molar-refractivity contribution in [1.82, 2.24) is 9.80 Å². The molecule has 0 radical (unpaired) electrons. The van der Waals surface area contributed by atoms with Gasteiger partial charge in [0.2, 0.25) is 11.8 Å². The number of para-hydroxylation sites is 1. The molecule has 108 valence electrons. The molecule has 0 bridgehead atoms. The maximum atomic E-state index is 12.1. The summed E-state index contributed by atoms with van der Waals surface area (Å²) in [6.45, 7) is 4.28. The number of hydrogen-bond donors (Lipinski definition) is 1. The van der Waals surface area contributed by atoms with Crippen molar-refractivity contribution in [3.63, 3.8) is 0 Å². The van der Waals surface area contributed by atoms with Gasteiger partial charge in [-0.05, 0) is 28.1 Å². The molecule has 5 nitrogen and oxygen atoms in total. The van der Waals surface area contributed by atoms with E-state index in [0.717, 1.165) is 10.2 Å². The molecule has 1 aromatic rings. The molecular formula is C14H18BrN3O2. The van der Waals surface area contributed by atoms with Gasteiger partial charge in [0.05, 0.1) is 6.54 Å². The molecule has 1 aromatic carbocycles. The average molecular weight is 340 g/mol. The van der Waals surface area contributed by atoms with Crippen molar-refractivity contribution in [2.75, 3.05) is 38.0 Å². The van der Waals surface area contributed by atoms with Crippen molar-refractivity contribution in [1.29, 1.82) is 0 Å². The third-order valence-electron chi connectivity index (χ3n) is 3.38. The molecule has 1 saturated heterocycles. The van der Waals surface area contributed by atoms with Gasteiger partial charge in [0.15, 0.2) is 0 Å². The molecule has 2 rings (SSSR count). The monoisotopic (exact) mass is 339 g/mol. The molecule has 1 aliphatic rings. The molecule has 0 atom stereocenters. The van der Waals surface area contributed by atoms with Crippen molar-refractivity contribution in [2.24, 2.45) is 0 Å². The second kappa shape index (κ2) is 6.74. The minimum atomic E-state index is 0.0592. The Labute approximate surface area is 127 Å². The van der Waals surface area contributed by atoms with Gasteiger partial charge in [-0.15, -0.1) is 0 Å². The maximum absolute atomic E-state index is 12.1. The number of halogens is 1. The first-order valence-electron chi connectivity index (χ1n) is 6.59. The zero-order valence-electron chi connectivity index (χ0n) is 11.4. The third kappa shape index (κ3) is 3.72. The smallest absolute Gasteiger partial charge is 0.241 e. The second-order valence-electron chi connectivity index (χ2n) is 4.72. The fourth-order valence-corrected chi connectivity index (χ4v) is 2.58. The highest BCUT2D eigenvalue weighted by Crippen LogP contribution is 2.20. The zero-order chi connectivity index (χ0) is 14.5. The number of carbonyl (C=O) groups excluding carboxylic acids is 2. The summed E-state index contributed by atoms with van der Waals surface area (Å²) in [6, 6.07) is 7.70. The minimum Gasteiger partial charge on any atom is -0.375 e. The molecule has 0 aromatic heterocycles. The number of hydrogen-bond acceptors (Lipinski definition) is 3. The van der Waals surface area contributed by atoms with Crippen LogP contribution in [0.25, 0.3) is 0 Å². The van der Waals surface area contributed by atoms with E-state index in [9.17, 15) is 9.59 Å². The SMILES string of the molecule is CC(=O)N1CCN(C(=O)CNc2ccccc2Br)CC1. The first kappa shape index (κ1) is 14.8. The molecule has 1 N–H and O–H groups in total. The van der Waals surface area contributed by atoms with E-state index in [4.69, 9.17) is 0 Å². The summed E-state index contributed by atoms with van der Waals surface area (Å²) < 4.78 is 0.939. The first-order valence-corrected chi connectivity index (χ1v) is 7.39. The van der Waals surface area contributed by atoms with E-state index in [1.165, 1.54) is 0 Å². The van der Waals surface area contributed by atoms with Crippen LogP contribution in [0, 0.1) is 0 Å². The van der Waals surface area contributed by atoms with Crippen LogP contribution in [0.5, 0.6) is 0 Å². The fourth-order valence-electron chi connectivity index (χ4n) is 2.16. The molecule has 1 aliphatic heterocycles. The van der Waals surface area contributed by atoms with E-state index in [2.05, 4.69) is 21.2 Å². The molecule has 6 heteroatoms. The predicted octanol–water partition coefficient (Wildman–Crippen LogP) is 1.55. The lowest BCUT2D eigenvalue weighted by molar-refractivity contribution is -0.137. The Morgan fingerprint density at radius 2 is 1.75 bits per heavy atom. The lowest BCUT2D eigenvalue weighted by Gasteiger charge is -2.34. The highest BCUT2D eigenvalue weighted by molar-refractivity contribution is 9.10. The van der Waals surface area contributed by atoms with Crippen LogP contribution < -0.4 is 5.32 Å². The van der Waals surface area contributed by atoms with Gasteiger partial charge in [0.1, 0.15) is 0 Å². The summed E-state index contributed by atoms with van der Waals surface area (Å²) in [5, 5.41) is 3.13. The predicted molar refractivity (Wildman–Crippen MR) is 81.5 cm³/mol. The van der Waals surface area contributed by atoms with E-state index in [-0.39, 0.29) is 18.4 Å². The number of nitrogens with one attached hydrogen (secondary N) is 1. The Hall–Kier alpha value is -1.56. The van der Waals surface area contributed by atoms with E-state index >= 15 is 0 Å². The largest absolute Gasteiger partial charge is 0.375 e.